The third-order valence-corrected chi connectivity index (χ3v) is 4.97. The second kappa shape index (κ2) is 7.44. The molecule has 1 atom stereocenters. The lowest BCUT2D eigenvalue weighted by atomic mass is 10.0. The summed E-state index contributed by atoms with van der Waals surface area (Å²) in [6.07, 6.45) is 2.09. The first-order chi connectivity index (χ1) is 9.20. The summed E-state index contributed by atoms with van der Waals surface area (Å²) >= 11 is 11.4. The standard InChI is InChI=1S/C15H17BrClNS/c1-2-6-18-15(13-9-19-10-14(13)16)8-11-4-3-5-12(17)7-11/h3-5,7,9-10,15,18H,2,6,8H2,1H3. The molecule has 0 fully saturated rings. The lowest BCUT2D eigenvalue weighted by Gasteiger charge is -2.18. The van der Waals surface area contributed by atoms with Gasteiger partial charge in [-0.1, -0.05) is 30.7 Å². The average Bonchev–Trinajstić information content (AvgIpc) is 2.81. The minimum atomic E-state index is 0.332. The molecule has 0 aliphatic rings. The number of hydrogen-bond acceptors (Lipinski definition) is 2. The maximum atomic E-state index is 6.06. The van der Waals surface area contributed by atoms with Crippen LogP contribution in [0.15, 0.2) is 39.5 Å². The van der Waals surface area contributed by atoms with Crippen LogP contribution in [0.2, 0.25) is 5.02 Å². The Balaban J connectivity index is 2.16. The molecule has 1 aromatic heterocycles. The first-order valence-corrected chi connectivity index (χ1v) is 8.51. The summed E-state index contributed by atoms with van der Waals surface area (Å²) in [5.74, 6) is 0. The van der Waals surface area contributed by atoms with Gasteiger partial charge >= 0.3 is 0 Å². The molecule has 1 aromatic carbocycles. The van der Waals surface area contributed by atoms with Crippen molar-refractivity contribution in [3.05, 3.63) is 55.6 Å². The number of halogens is 2. The Hall–Kier alpha value is -0.350. The molecule has 0 saturated heterocycles. The van der Waals surface area contributed by atoms with E-state index in [0.717, 1.165) is 24.4 Å². The van der Waals surface area contributed by atoms with Crippen molar-refractivity contribution in [3.8, 4) is 0 Å². The Bertz CT molecular complexity index is 526. The fraction of sp³-hybridized carbons (Fsp3) is 0.333. The summed E-state index contributed by atoms with van der Waals surface area (Å²) < 4.78 is 1.19. The minimum absolute atomic E-state index is 0.332. The quantitative estimate of drug-likeness (QED) is 0.724. The Morgan fingerprint density at radius 1 is 1.37 bits per heavy atom. The molecular formula is C15H17BrClNS. The zero-order chi connectivity index (χ0) is 13.7. The predicted octanol–water partition coefficient (Wildman–Crippen LogP) is 5.45. The molecule has 4 heteroatoms. The van der Waals surface area contributed by atoms with Gasteiger partial charge in [0.15, 0.2) is 0 Å². The van der Waals surface area contributed by atoms with Gasteiger partial charge in [-0.25, -0.2) is 0 Å². The van der Waals surface area contributed by atoms with Crippen LogP contribution in [-0.2, 0) is 6.42 Å². The van der Waals surface area contributed by atoms with Crippen LogP contribution in [0.1, 0.15) is 30.5 Å². The van der Waals surface area contributed by atoms with Crippen LogP contribution in [0.4, 0.5) is 0 Å². The largest absolute Gasteiger partial charge is 0.310 e. The molecule has 2 aromatic rings. The van der Waals surface area contributed by atoms with Crippen LogP contribution in [0, 0.1) is 0 Å². The molecule has 2 rings (SSSR count). The van der Waals surface area contributed by atoms with E-state index in [0.29, 0.717) is 6.04 Å². The SMILES string of the molecule is CCCNC(Cc1cccc(Cl)c1)c1cscc1Br. The molecule has 1 heterocycles. The minimum Gasteiger partial charge on any atom is -0.310 e. The van der Waals surface area contributed by atoms with E-state index in [9.17, 15) is 0 Å². The van der Waals surface area contributed by atoms with Gasteiger partial charge in [-0.05, 0) is 64.0 Å². The van der Waals surface area contributed by atoms with E-state index < -0.39 is 0 Å². The van der Waals surface area contributed by atoms with Crippen molar-refractivity contribution in [2.75, 3.05) is 6.54 Å². The number of hydrogen-bond donors (Lipinski definition) is 1. The van der Waals surface area contributed by atoms with E-state index in [1.165, 1.54) is 15.6 Å². The molecule has 0 saturated carbocycles. The van der Waals surface area contributed by atoms with Crippen LogP contribution >= 0.6 is 38.9 Å². The van der Waals surface area contributed by atoms with Crippen molar-refractivity contribution < 1.29 is 0 Å². The molecule has 1 unspecified atom stereocenters. The molecule has 19 heavy (non-hydrogen) atoms. The highest BCUT2D eigenvalue weighted by atomic mass is 79.9. The van der Waals surface area contributed by atoms with Crippen molar-refractivity contribution in [1.82, 2.24) is 5.32 Å². The highest BCUT2D eigenvalue weighted by Gasteiger charge is 2.15. The van der Waals surface area contributed by atoms with E-state index in [4.69, 9.17) is 11.6 Å². The predicted molar refractivity (Wildman–Crippen MR) is 88.2 cm³/mol. The van der Waals surface area contributed by atoms with Crippen LogP contribution < -0.4 is 5.32 Å². The second-order valence-corrected chi connectivity index (χ2v) is 6.55. The van der Waals surface area contributed by atoms with Gasteiger partial charge in [0.05, 0.1) is 0 Å². The van der Waals surface area contributed by atoms with Gasteiger partial charge in [-0.15, -0.1) is 0 Å². The fourth-order valence-electron chi connectivity index (χ4n) is 2.05. The molecule has 1 N–H and O–H groups in total. The summed E-state index contributed by atoms with van der Waals surface area (Å²) in [6, 6.07) is 8.44. The van der Waals surface area contributed by atoms with E-state index >= 15 is 0 Å². The number of rotatable bonds is 6. The second-order valence-electron chi connectivity index (χ2n) is 4.52. The number of benzene rings is 1. The summed E-state index contributed by atoms with van der Waals surface area (Å²) in [7, 11) is 0. The van der Waals surface area contributed by atoms with E-state index in [1.807, 2.05) is 18.2 Å². The molecule has 0 amide bonds. The molecule has 102 valence electrons. The first kappa shape index (κ1) is 15.0. The van der Waals surface area contributed by atoms with Crippen LogP contribution in [-0.4, -0.2) is 6.54 Å². The smallest absolute Gasteiger partial charge is 0.0408 e. The summed E-state index contributed by atoms with van der Waals surface area (Å²) in [5.41, 5.74) is 2.60. The van der Waals surface area contributed by atoms with Gasteiger partial charge in [0.25, 0.3) is 0 Å². The van der Waals surface area contributed by atoms with Crippen molar-refractivity contribution in [2.24, 2.45) is 0 Å². The molecular weight excluding hydrogens is 342 g/mol. The fourth-order valence-corrected chi connectivity index (χ4v) is 3.89. The maximum Gasteiger partial charge on any atom is 0.0408 e. The Morgan fingerprint density at radius 2 is 2.21 bits per heavy atom. The lowest BCUT2D eigenvalue weighted by Crippen LogP contribution is -2.24. The average molecular weight is 359 g/mol. The Kier molecular flexibility index (Phi) is 5.89. The van der Waals surface area contributed by atoms with Gasteiger partial charge in [0.1, 0.15) is 0 Å². The highest BCUT2D eigenvalue weighted by Crippen LogP contribution is 2.30. The van der Waals surface area contributed by atoms with Gasteiger partial charge in [0.2, 0.25) is 0 Å². The molecule has 0 bridgehead atoms. The third-order valence-electron chi connectivity index (χ3n) is 2.99. The first-order valence-electron chi connectivity index (χ1n) is 6.40. The van der Waals surface area contributed by atoms with E-state index in [1.54, 1.807) is 11.3 Å². The molecule has 0 radical (unpaired) electrons. The third kappa shape index (κ3) is 4.32. The molecule has 0 spiro atoms. The zero-order valence-corrected chi connectivity index (χ0v) is 14.0. The normalized spacial score (nSPS) is 12.6. The van der Waals surface area contributed by atoms with Crippen LogP contribution in [0.3, 0.4) is 0 Å². The number of thiophene rings is 1. The number of nitrogens with one attached hydrogen (secondary N) is 1. The lowest BCUT2D eigenvalue weighted by molar-refractivity contribution is 0.529. The highest BCUT2D eigenvalue weighted by molar-refractivity contribution is 9.10. The van der Waals surface area contributed by atoms with Crippen molar-refractivity contribution in [3.63, 3.8) is 0 Å². The zero-order valence-electron chi connectivity index (χ0n) is 10.8. The van der Waals surface area contributed by atoms with Crippen molar-refractivity contribution in [1.29, 1.82) is 0 Å². The van der Waals surface area contributed by atoms with Gasteiger partial charge < -0.3 is 5.32 Å². The monoisotopic (exact) mass is 357 g/mol. The van der Waals surface area contributed by atoms with Crippen molar-refractivity contribution in [2.45, 2.75) is 25.8 Å². The van der Waals surface area contributed by atoms with Gasteiger partial charge in [0, 0.05) is 20.9 Å². The van der Waals surface area contributed by atoms with E-state index in [2.05, 4.69) is 45.0 Å². The van der Waals surface area contributed by atoms with Crippen LogP contribution in [0.25, 0.3) is 0 Å². The molecule has 0 aliphatic heterocycles. The summed E-state index contributed by atoms with van der Waals surface area (Å²) in [6.45, 7) is 3.21. The summed E-state index contributed by atoms with van der Waals surface area (Å²) in [5, 5.41) is 8.76. The van der Waals surface area contributed by atoms with Gasteiger partial charge in [-0.2, -0.15) is 11.3 Å². The molecule has 0 aliphatic carbocycles. The van der Waals surface area contributed by atoms with Crippen molar-refractivity contribution >= 4 is 38.9 Å². The maximum absolute atomic E-state index is 6.06. The topological polar surface area (TPSA) is 12.0 Å². The van der Waals surface area contributed by atoms with E-state index in [-0.39, 0.29) is 0 Å². The Morgan fingerprint density at radius 3 is 2.84 bits per heavy atom. The molecule has 1 nitrogen and oxygen atoms in total. The van der Waals surface area contributed by atoms with Crippen LogP contribution in [0.5, 0.6) is 0 Å². The Labute approximate surface area is 132 Å². The van der Waals surface area contributed by atoms with Gasteiger partial charge in [-0.3, -0.25) is 0 Å². The summed E-state index contributed by atoms with van der Waals surface area (Å²) in [4.78, 5) is 0.